The first-order chi connectivity index (χ1) is 5.35. The normalized spacial score (nSPS) is 11.4. The van der Waals surface area contributed by atoms with E-state index in [1.54, 1.807) is 7.11 Å². The summed E-state index contributed by atoms with van der Waals surface area (Å²) < 4.78 is 4.98. The smallest absolute Gasteiger partial charge is 0.284 e. The van der Waals surface area contributed by atoms with Crippen molar-refractivity contribution in [3.05, 3.63) is 0 Å². The van der Waals surface area contributed by atoms with Crippen molar-refractivity contribution >= 4 is 6.02 Å². The van der Waals surface area contributed by atoms with Crippen LogP contribution in [0.2, 0.25) is 0 Å². The van der Waals surface area contributed by atoms with E-state index in [0.29, 0.717) is 6.02 Å². The van der Waals surface area contributed by atoms with Crippen molar-refractivity contribution in [3.63, 3.8) is 0 Å². The molecule has 0 fully saturated rings. The van der Waals surface area contributed by atoms with E-state index in [2.05, 4.69) is 17.2 Å². The molecule has 0 bridgehead atoms. The molecule has 3 heteroatoms. The van der Waals surface area contributed by atoms with Crippen LogP contribution in [-0.4, -0.2) is 26.2 Å². The molecule has 0 unspecified atom stereocenters. The molecule has 66 valence electrons. The highest BCUT2D eigenvalue weighted by molar-refractivity contribution is 5.73. The van der Waals surface area contributed by atoms with Crippen molar-refractivity contribution in [2.75, 3.05) is 20.2 Å². The third kappa shape index (κ3) is 5.70. The number of aliphatic imine (C=N–C) groups is 1. The van der Waals surface area contributed by atoms with Crippen LogP contribution < -0.4 is 5.32 Å². The quantitative estimate of drug-likeness (QED) is 0.381. The van der Waals surface area contributed by atoms with Crippen LogP contribution in [0.15, 0.2) is 4.99 Å². The van der Waals surface area contributed by atoms with Gasteiger partial charge < -0.3 is 10.1 Å². The summed E-state index contributed by atoms with van der Waals surface area (Å²) in [6, 6.07) is 0.654. The van der Waals surface area contributed by atoms with Crippen LogP contribution in [0, 0.1) is 0 Å². The predicted molar refractivity (Wildman–Crippen MR) is 47.9 cm³/mol. The SMILES string of the molecule is CCCC/N=C(/NCC)OC. The maximum absolute atomic E-state index is 4.98. The molecule has 0 atom stereocenters. The highest BCUT2D eigenvalue weighted by Gasteiger charge is 1.91. The van der Waals surface area contributed by atoms with Crippen molar-refractivity contribution in [2.24, 2.45) is 4.99 Å². The standard InChI is InChI=1S/C8H18N2O/c1-4-6-7-10-8(11-3)9-5-2/h4-7H2,1-3H3,(H,9,10). The van der Waals surface area contributed by atoms with Crippen LogP contribution in [0.3, 0.4) is 0 Å². The molecule has 1 N–H and O–H groups in total. The minimum Gasteiger partial charge on any atom is -0.469 e. The average Bonchev–Trinajstić information content (AvgIpc) is 2.03. The number of amidine groups is 1. The molecule has 0 saturated carbocycles. The summed E-state index contributed by atoms with van der Waals surface area (Å²) >= 11 is 0. The Hall–Kier alpha value is -0.730. The summed E-state index contributed by atoms with van der Waals surface area (Å²) in [6.45, 7) is 5.88. The molecule has 0 aromatic heterocycles. The maximum Gasteiger partial charge on any atom is 0.284 e. The minimum absolute atomic E-state index is 0.654. The van der Waals surface area contributed by atoms with E-state index in [-0.39, 0.29) is 0 Å². The number of methoxy groups -OCH3 is 1. The Morgan fingerprint density at radius 2 is 2.18 bits per heavy atom. The Labute approximate surface area is 68.9 Å². The molecule has 0 aliphatic carbocycles. The lowest BCUT2D eigenvalue weighted by molar-refractivity contribution is 0.379. The number of rotatable bonds is 4. The highest BCUT2D eigenvalue weighted by atomic mass is 16.5. The Bertz CT molecular complexity index is 113. The zero-order valence-corrected chi connectivity index (χ0v) is 7.68. The fraction of sp³-hybridized carbons (Fsp3) is 0.875. The van der Waals surface area contributed by atoms with Gasteiger partial charge >= 0.3 is 0 Å². The van der Waals surface area contributed by atoms with E-state index in [4.69, 9.17) is 4.74 Å². The Kier molecular flexibility index (Phi) is 6.89. The average molecular weight is 158 g/mol. The minimum atomic E-state index is 0.654. The van der Waals surface area contributed by atoms with Crippen molar-refractivity contribution in [1.82, 2.24) is 5.32 Å². The molecule has 0 aromatic rings. The van der Waals surface area contributed by atoms with Gasteiger partial charge in [0.2, 0.25) is 0 Å². The summed E-state index contributed by atoms with van der Waals surface area (Å²) in [5, 5.41) is 3.02. The molecule has 0 spiro atoms. The first-order valence-electron chi connectivity index (χ1n) is 4.17. The van der Waals surface area contributed by atoms with Gasteiger partial charge in [-0.25, -0.2) is 4.99 Å². The summed E-state index contributed by atoms with van der Waals surface area (Å²) in [5.74, 6) is 0. The largest absolute Gasteiger partial charge is 0.469 e. The van der Waals surface area contributed by atoms with E-state index >= 15 is 0 Å². The van der Waals surface area contributed by atoms with Gasteiger partial charge in [0.1, 0.15) is 0 Å². The maximum atomic E-state index is 4.98. The van der Waals surface area contributed by atoms with Gasteiger partial charge in [-0.1, -0.05) is 13.3 Å². The predicted octanol–water partition coefficient (Wildman–Crippen LogP) is 1.40. The number of hydrogen-bond donors (Lipinski definition) is 1. The molecule has 0 aliphatic heterocycles. The molecule has 11 heavy (non-hydrogen) atoms. The third-order valence-electron chi connectivity index (χ3n) is 1.29. The van der Waals surface area contributed by atoms with Crippen LogP contribution in [0.5, 0.6) is 0 Å². The molecule has 0 radical (unpaired) electrons. The Balaban J connectivity index is 3.52. The van der Waals surface area contributed by atoms with E-state index in [1.807, 2.05) is 6.92 Å². The molecule has 0 amide bonds. The second kappa shape index (κ2) is 7.38. The molecule has 0 rings (SSSR count). The number of nitrogens with zero attached hydrogens (tertiary/aromatic N) is 1. The Morgan fingerprint density at radius 3 is 2.64 bits per heavy atom. The fourth-order valence-electron chi connectivity index (χ4n) is 0.683. The molecule has 3 nitrogen and oxygen atoms in total. The molecule has 0 aromatic carbocycles. The summed E-state index contributed by atoms with van der Waals surface area (Å²) in [5.41, 5.74) is 0. The van der Waals surface area contributed by atoms with Crippen molar-refractivity contribution in [1.29, 1.82) is 0 Å². The van der Waals surface area contributed by atoms with Gasteiger partial charge in [-0.05, 0) is 13.3 Å². The van der Waals surface area contributed by atoms with Gasteiger partial charge in [0, 0.05) is 13.1 Å². The highest BCUT2D eigenvalue weighted by Crippen LogP contribution is 1.87. The van der Waals surface area contributed by atoms with E-state index in [9.17, 15) is 0 Å². The van der Waals surface area contributed by atoms with Crippen molar-refractivity contribution in [3.8, 4) is 0 Å². The van der Waals surface area contributed by atoms with Gasteiger partial charge in [0.25, 0.3) is 6.02 Å². The Morgan fingerprint density at radius 1 is 1.45 bits per heavy atom. The lowest BCUT2D eigenvalue weighted by Crippen LogP contribution is -2.24. The van der Waals surface area contributed by atoms with Gasteiger partial charge in [-0.3, -0.25) is 0 Å². The molecule has 0 saturated heterocycles. The monoisotopic (exact) mass is 158 g/mol. The summed E-state index contributed by atoms with van der Waals surface area (Å²) in [6.07, 6.45) is 2.30. The van der Waals surface area contributed by atoms with E-state index < -0.39 is 0 Å². The van der Waals surface area contributed by atoms with Gasteiger partial charge in [0.05, 0.1) is 7.11 Å². The topological polar surface area (TPSA) is 33.6 Å². The zero-order valence-electron chi connectivity index (χ0n) is 7.68. The summed E-state index contributed by atoms with van der Waals surface area (Å²) in [7, 11) is 1.63. The van der Waals surface area contributed by atoms with Gasteiger partial charge in [-0.2, -0.15) is 0 Å². The molecule has 0 aliphatic rings. The van der Waals surface area contributed by atoms with Crippen LogP contribution in [-0.2, 0) is 4.74 Å². The first-order valence-corrected chi connectivity index (χ1v) is 4.17. The lowest BCUT2D eigenvalue weighted by atomic mass is 10.3. The lowest BCUT2D eigenvalue weighted by Gasteiger charge is -2.04. The van der Waals surface area contributed by atoms with E-state index in [0.717, 1.165) is 19.5 Å². The number of hydrogen-bond acceptors (Lipinski definition) is 2. The van der Waals surface area contributed by atoms with Crippen molar-refractivity contribution in [2.45, 2.75) is 26.7 Å². The van der Waals surface area contributed by atoms with Crippen LogP contribution >= 0.6 is 0 Å². The fourth-order valence-corrected chi connectivity index (χ4v) is 0.683. The second-order valence-corrected chi connectivity index (χ2v) is 2.27. The second-order valence-electron chi connectivity index (χ2n) is 2.27. The van der Waals surface area contributed by atoms with Gasteiger partial charge in [-0.15, -0.1) is 0 Å². The molecular weight excluding hydrogens is 140 g/mol. The summed E-state index contributed by atoms with van der Waals surface area (Å²) in [4.78, 5) is 4.20. The van der Waals surface area contributed by atoms with Crippen LogP contribution in [0.25, 0.3) is 0 Å². The number of nitrogens with one attached hydrogen (secondary N) is 1. The number of unbranched alkanes of at least 4 members (excludes halogenated alkanes) is 1. The van der Waals surface area contributed by atoms with Crippen LogP contribution in [0.1, 0.15) is 26.7 Å². The van der Waals surface area contributed by atoms with Crippen molar-refractivity contribution < 1.29 is 4.74 Å². The first kappa shape index (κ1) is 10.3. The van der Waals surface area contributed by atoms with E-state index in [1.165, 1.54) is 6.42 Å². The number of ether oxygens (including phenoxy) is 1. The zero-order chi connectivity index (χ0) is 8.53. The third-order valence-corrected chi connectivity index (χ3v) is 1.29. The van der Waals surface area contributed by atoms with Crippen LogP contribution in [0.4, 0.5) is 0 Å². The van der Waals surface area contributed by atoms with Gasteiger partial charge in [0.15, 0.2) is 0 Å². The molecular formula is C8H18N2O. The molecule has 0 heterocycles.